The van der Waals surface area contributed by atoms with Gasteiger partial charge < -0.3 is 9.84 Å². The third-order valence-corrected chi connectivity index (χ3v) is 2.74. The van der Waals surface area contributed by atoms with Crippen LogP contribution in [0.4, 0.5) is 0 Å². The number of phenolic OH excluding ortho intramolecular Hbond substituents is 1. The lowest BCUT2D eigenvalue weighted by atomic mass is 10.0. The first-order valence-corrected chi connectivity index (χ1v) is 6.07. The van der Waals surface area contributed by atoms with Crippen molar-refractivity contribution in [1.29, 1.82) is 0 Å². The molecule has 2 rings (SSSR count). The third kappa shape index (κ3) is 2.57. The van der Waals surface area contributed by atoms with Crippen molar-refractivity contribution in [2.75, 3.05) is 6.61 Å². The van der Waals surface area contributed by atoms with Crippen molar-refractivity contribution in [1.82, 2.24) is 15.4 Å². The second kappa shape index (κ2) is 5.51. The van der Waals surface area contributed by atoms with Gasteiger partial charge in [-0.25, -0.2) is 4.79 Å². The van der Waals surface area contributed by atoms with Gasteiger partial charge in [0.2, 0.25) is 0 Å². The molecule has 2 N–H and O–H groups in total. The maximum absolute atomic E-state index is 11.7. The van der Waals surface area contributed by atoms with E-state index >= 15 is 0 Å². The highest BCUT2D eigenvalue weighted by Crippen LogP contribution is 2.30. The minimum Gasteiger partial charge on any atom is -0.507 e. The van der Waals surface area contributed by atoms with Gasteiger partial charge in [0.25, 0.3) is 0 Å². The van der Waals surface area contributed by atoms with E-state index in [0.717, 1.165) is 12.0 Å². The molecule has 1 aromatic heterocycles. The van der Waals surface area contributed by atoms with Crippen molar-refractivity contribution in [2.24, 2.45) is 0 Å². The Bertz CT molecular complexity index is 593. The molecule has 1 heterocycles. The average Bonchev–Trinajstić information content (AvgIpc) is 2.89. The second-order valence-electron chi connectivity index (χ2n) is 3.95. The Balaban J connectivity index is 2.48. The minimum atomic E-state index is -0.562. The van der Waals surface area contributed by atoms with Crippen LogP contribution >= 0.6 is 0 Å². The molecule has 0 saturated carbocycles. The van der Waals surface area contributed by atoms with Crippen LogP contribution < -0.4 is 0 Å². The monoisotopic (exact) mass is 261 g/mol. The van der Waals surface area contributed by atoms with Crippen LogP contribution in [0.1, 0.15) is 29.9 Å². The first-order valence-electron chi connectivity index (χ1n) is 6.07. The SMILES string of the molecule is CCOC(=O)c1n[nH]nc1-c1cc(CC)ccc1O. The van der Waals surface area contributed by atoms with Crippen molar-refractivity contribution < 1.29 is 14.6 Å². The summed E-state index contributed by atoms with van der Waals surface area (Å²) in [6, 6.07) is 5.19. The number of carbonyl (C=O) groups is 1. The van der Waals surface area contributed by atoms with E-state index in [1.165, 1.54) is 0 Å². The fourth-order valence-corrected chi connectivity index (χ4v) is 1.75. The van der Waals surface area contributed by atoms with E-state index in [0.29, 0.717) is 11.3 Å². The predicted molar refractivity (Wildman–Crippen MR) is 68.8 cm³/mol. The summed E-state index contributed by atoms with van der Waals surface area (Å²) in [5.74, 6) is -0.510. The molecule has 0 radical (unpaired) electrons. The van der Waals surface area contributed by atoms with Crippen LogP contribution in [0.25, 0.3) is 11.3 Å². The van der Waals surface area contributed by atoms with Crippen molar-refractivity contribution in [3.8, 4) is 17.0 Å². The topological polar surface area (TPSA) is 88.1 Å². The Morgan fingerprint density at radius 3 is 2.84 bits per heavy atom. The smallest absolute Gasteiger partial charge is 0.361 e. The molecular weight excluding hydrogens is 246 g/mol. The largest absolute Gasteiger partial charge is 0.507 e. The molecule has 19 heavy (non-hydrogen) atoms. The Kier molecular flexibility index (Phi) is 3.79. The summed E-state index contributed by atoms with van der Waals surface area (Å²) < 4.78 is 4.90. The summed E-state index contributed by atoms with van der Waals surface area (Å²) >= 11 is 0. The molecule has 0 fully saturated rings. The van der Waals surface area contributed by atoms with Gasteiger partial charge in [0.05, 0.1) is 6.61 Å². The van der Waals surface area contributed by atoms with Crippen molar-refractivity contribution >= 4 is 5.97 Å². The van der Waals surface area contributed by atoms with Crippen LogP contribution in [-0.4, -0.2) is 33.1 Å². The highest BCUT2D eigenvalue weighted by atomic mass is 16.5. The van der Waals surface area contributed by atoms with Gasteiger partial charge in [-0.3, -0.25) is 0 Å². The number of nitrogens with zero attached hydrogens (tertiary/aromatic N) is 2. The molecule has 1 aromatic carbocycles. The Morgan fingerprint density at radius 1 is 1.37 bits per heavy atom. The Morgan fingerprint density at radius 2 is 2.16 bits per heavy atom. The van der Waals surface area contributed by atoms with Crippen LogP contribution in [0.2, 0.25) is 0 Å². The lowest BCUT2D eigenvalue weighted by molar-refractivity contribution is 0.0520. The molecule has 0 bridgehead atoms. The van der Waals surface area contributed by atoms with Gasteiger partial charge in [0.15, 0.2) is 5.69 Å². The fraction of sp³-hybridized carbons (Fsp3) is 0.308. The number of aromatic nitrogens is 3. The van der Waals surface area contributed by atoms with E-state index in [2.05, 4.69) is 15.4 Å². The first kappa shape index (κ1) is 13.1. The molecular formula is C13H15N3O3. The quantitative estimate of drug-likeness (QED) is 0.821. The average molecular weight is 261 g/mol. The number of benzene rings is 1. The van der Waals surface area contributed by atoms with Crippen LogP contribution in [-0.2, 0) is 11.2 Å². The van der Waals surface area contributed by atoms with Gasteiger partial charge in [0, 0.05) is 5.56 Å². The molecule has 0 aliphatic heterocycles. The summed E-state index contributed by atoms with van der Waals surface area (Å²) in [5.41, 5.74) is 1.87. The highest BCUT2D eigenvalue weighted by Gasteiger charge is 2.21. The number of aryl methyl sites for hydroxylation is 1. The summed E-state index contributed by atoms with van der Waals surface area (Å²) in [4.78, 5) is 11.7. The Hall–Kier alpha value is -2.37. The number of esters is 1. The number of hydrogen-bond donors (Lipinski definition) is 2. The zero-order chi connectivity index (χ0) is 13.8. The van der Waals surface area contributed by atoms with Crippen LogP contribution in [0.5, 0.6) is 5.75 Å². The summed E-state index contributed by atoms with van der Waals surface area (Å²) in [7, 11) is 0. The van der Waals surface area contributed by atoms with Gasteiger partial charge in [-0.2, -0.15) is 10.3 Å². The number of carbonyl (C=O) groups excluding carboxylic acids is 1. The lowest BCUT2D eigenvalue weighted by Crippen LogP contribution is -2.06. The Labute approximate surface area is 110 Å². The fourth-order valence-electron chi connectivity index (χ4n) is 1.75. The lowest BCUT2D eigenvalue weighted by Gasteiger charge is -2.05. The van der Waals surface area contributed by atoms with E-state index in [1.54, 1.807) is 19.1 Å². The van der Waals surface area contributed by atoms with Gasteiger partial charge in [-0.15, -0.1) is 5.10 Å². The van der Waals surface area contributed by atoms with Gasteiger partial charge in [-0.1, -0.05) is 13.0 Å². The molecule has 100 valence electrons. The molecule has 6 nitrogen and oxygen atoms in total. The van der Waals surface area contributed by atoms with Crippen molar-refractivity contribution in [3.63, 3.8) is 0 Å². The first-order chi connectivity index (χ1) is 9.17. The summed E-state index contributed by atoms with van der Waals surface area (Å²) in [5, 5.41) is 20.0. The third-order valence-electron chi connectivity index (χ3n) is 2.74. The molecule has 0 spiro atoms. The molecule has 2 aromatic rings. The highest BCUT2D eigenvalue weighted by molar-refractivity contribution is 5.94. The normalized spacial score (nSPS) is 10.4. The molecule has 0 aliphatic rings. The number of nitrogens with one attached hydrogen (secondary N) is 1. The minimum absolute atomic E-state index is 0.0525. The summed E-state index contributed by atoms with van der Waals surface area (Å²) in [6.07, 6.45) is 0.819. The molecule has 6 heteroatoms. The number of phenols is 1. The number of ether oxygens (including phenoxy) is 1. The number of hydrogen-bond acceptors (Lipinski definition) is 5. The summed E-state index contributed by atoms with van der Waals surface area (Å²) in [6.45, 7) is 3.98. The van der Waals surface area contributed by atoms with E-state index in [4.69, 9.17) is 4.74 Å². The number of aromatic amines is 1. The van der Waals surface area contributed by atoms with Gasteiger partial charge in [0.1, 0.15) is 11.4 Å². The van der Waals surface area contributed by atoms with Crippen LogP contribution in [0.15, 0.2) is 18.2 Å². The predicted octanol–water partition coefficient (Wildman–Crippen LogP) is 1.92. The molecule has 0 amide bonds. The van der Waals surface area contributed by atoms with Gasteiger partial charge in [-0.05, 0) is 31.0 Å². The van der Waals surface area contributed by atoms with E-state index in [1.807, 2.05) is 13.0 Å². The molecule has 0 unspecified atom stereocenters. The zero-order valence-electron chi connectivity index (χ0n) is 10.8. The number of aromatic hydroxyl groups is 1. The zero-order valence-corrected chi connectivity index (χ0v) is 10.8. The maximum atomic E-state index is 11.7. The molecule has 0 saturated heterocycles. The van der Waals surface area contributed by atoms with E-state index < -0.39 is 5.97 Å². The number of rotatable bonds is 4. The second-order valence-corrected chi connectivity index (χ2v) is 3.95. The van der Waals surface area contributed by atoms with Crippen molar-refractivity contribution in [2.45, 2.75) is 20.3 Å². The maximum Gasteiger partial charge on any atom is 0.361 e. The van der Waals surface area contributed by atoms with E-state index in [-0.39, 0.29) is 18.1 Å². The van der Waals surface area contributed by atoms with Crippen LogP contribution in [0.3, 0.4) is 0 Å². The molecule has 0 aliphatic carbocycles. The van der Waals surface area contributed by atoms with Crippen LogP contribution in [0, 0.1) is 0 Å². The number of H-pyrrole nitrogens is 1. The van der Waals surface area contributed by atoms with Crippen molar-refractivity contribution in [3.05, 3.63) is 29.5 Å². The van der Waals surface area contributed by atoms with Gasteiger partial charge >= 0.3 is 5.97 Å². The standard InChI is InChI=1S/C13H15N3O3/c1-3-8-5-6-10(17)9(7-8)11-12(15-16-14-11)13(18)19-4-2/h5-7,17H,3-4H2,1-2H3,(H,14,15,16). The molecule has 0 atom stereocenters. The van der Waals surface area contributed by atoms with E-state index in [9.17, 15) is 9.90 Å².